The molecule has 0 aliphatic carbocycles. The van der Waals surface area contributed by atoms with Crippen LogP contribution in [-0.2, 0) is 4.74 Å². The highest BCUT2D eigenvalue weighted by molar-refractivity contribution is 5.89. The molecule has 0 amide bonds. The summed E-state index contributed by atoms with van der Waals surface area (Å²) in [4.78, 5) is 14.3. The van der Waals surface area contributed by atoms with Crippen LogP contribution < -0.4 is 0 Å². The van der Waals surface area contributed by atoms with Crippen LogP contribution in [0.15, 0.2) is 24.3 Å². The highest BCUT2D eigenvalue weighted by atomic mass is 35.5. The number of nitrogens with zero attached hydrogens (tertiary/aromatic N) is 1. The molecule has 0 aromatic heterocycles. The Bertz CT molecular complexity index is 399. The Hall–Kier alpha value is -1.06. The average Bonchev–Trinajstić information content (AvgIpc) is 2.82. The standard InChI is InChI=1S/C15H21NO2.ClH/c1-12-5-7-14(8-6-12)15(17)18-13(2)11-16-9-3-4-10-16;/h5-8,13H,3-4,9-11H2,1-2H3;1H. The van der Waals surface area contributed by atoms with E-state index in [2.05, 4.69) is 4.90 Å². The summed E-state index contributed by atoms with van der Waals surface area (Å²) in [6.45, 7) is 7.08. The molecule has 3 nitrogen and oxygen atoms in total. The second-order valence-electron chi connectivity index (χ2n) is 5.09. The number of halogens is 1. The molecule has 1 atom stereocenters. The van der Waals surface area contributed by atoms with Crippen LogP contribution in [0.3, 0.4) is 0 Å². The zero-order chi connectivity index (χ0) is 13.0. The van der Waals surface area contributed by atoms with Gasteiger partial charge in [0.05, 0.1) is 5.56 Å². The summed E-state index contributed by atoms with van der Waals surface area (Å²) < 4.78 is 5.46. The summed E-state index contributed by atoms with van der Waals surface area (Å²) in [5.74, 6) is -0.221. The monoisotopic (exact) mass is 283 g/mol. The third-order valence-electron chi connectivity index (χ3n) is 3.31. The minimum atomic E-state index is -0.221. The number of esters is 1. The molecule has 1 aliphatic heterocycles. The van der Waals surface area contributed by atoms with Gasteiger partial charge in [-0.25, -0.2) is 4.79 Å². The molecule has 2 rings (SSSR count). The Balaban J connectivity index is 0.00000180. The van der Waals surface area contributed by atoms with Crippen molar-refractivity contribution in [3.05, 3.63) is 35.4 Å². The van der Waals surface area contributed by atoms with Gasteiger partial charge in [0.1, 0.15) is 6.10 Å². The van der Waals surface area contributed by atoms with Gasteiger partial charge >= 0.3 is 5.97 Å². The van der Waals surface area contributed by atoms with Crippen molar-refractivity contribution < 1.29 is 9.53 Å². The quantitative estimate of drug-likeness (QED) is 0.796. The van der Waals surface area contributed by atoms with Crippen molar-refractivity contribution in [1.29, 1.82) is 0 Å². The fraction of sp³-hybridized carbons (Fsp3) is 0.533. The zero-order valence-corrected chi connectivity index (χ0v) is 12.4. The Morgan fingerprint density at radius 1 is 1.26 bits per heavy atom. The Labute approximate surface area is 121 Å². The molecule has 1 unspecified atom stereocenters. The number of carbonyl (C=O) groups is 1. The van der Waals surface area contributed by atoms with Crippen LogP contribution >= 0.6 is 12.4 Å². The van der Waals surface area contributed by atoms with Crippen LogP contribution in [-0.4, -0.2) is 36.6 Å². The lowest BCUT2D eigenvalue weighted by molar-refractivity contribution is 0.0271. The largest absolute Gasteiger partial charge is 0.458 e. The lowest BCUT2D eigenvalue weighted by atomic mass is 10.1. The van der Waals surface area contributed by atoms with Gasteiger partial charge in [-0.1, -0.05) is 17.7 Å². The predicted molar refractivity (Wildman–Crippen MR) is 79.0 cm³/mol. The number of hydrogen-bond donors (Lipinski definition) is 0. The Kier molecular flexibility index (Phi) is 6.32. The van der Waals surface area contributed by atoms with Crippen LogP contribution in [0.5, 0.6) is 0 Å². The topological polar surface area (TPSA) is 29.5 Å². The van der Waals surface area contributed by atoms with E-state index in [0.29, 0.717) is 5.56 Å². The molecular weight excluding hydrogens is 262 g/mol. The summed E-state index contributed by atoms with van der Waals surface area (Å²) in [6, 6.07) is 7.50. The normalized spacial score (nSPS) is 16.7. The number of carbonyl (C=O) groups excluding carboxylic acids is 1. The number of hydrogen-bond acceptors (Lipinski definition) is 3. The van der Waals surface area contributed by atoms with E-state index in [1.165, 1.54) is 12.8 Å². The van der Waals surface area contributed by atoms with Crippen molar-refractivity contribution in [3.8, 4) is 0 Å². The van der Waals surface area contributed by atoms with Gasteiger partial charge in [0.2, 0.25) is 0 Å². The van der Waals surface area contributed by atoms with Crippen molar-refractivity contribution >= 4 is 18.4 Å². The van der Waals surface area contributed by atoms with Crippen molar-refractivity contribution in [2.24, 2.45) is 0 Å². The van der Waals surface area contributed by atoms with Gasteiger partial charge in [-0.05, 0) is 51.9 Å². The van der Waals surface area contributed by atoms with Gasteiger partial charge in [0, 0.05) is 6.54 Å². The number of rotatable bonds is 4. The first-order chi connectivity index (χ1) is 8.65. The molecule has 1 aromatic carbocycles. The minimum Gasteiger partial charge on any atom is -0.458 e. The first-order valence-electron chi connectivity index (χ1n) is 6.65. The van der Waals surface area contributed by atoms with E-state index in [9.17, 15) is 4.79 Å². The van der Waals surface area contributed by atoms with E-state index in [4.69, 9.17) is 4.74 Å². The summed E-state index contributed by atoms with van der Waals surface area (Å²) in [5.41, 5.74) is 1.78. The SMILES string of the molecule is Cc1ccc(C(=O)OC(C)CN2CCCC2)cc1.Cl. The predicted octanol–water partition coefficient (Wildman–Crippen LogP) is 3.06. The number of aryl methyl sites for hydroxylation is 1. The van der Waals surface area contributed by atoms with Gasteiger partial charge < -0.3 is 4.74 Å². The first-order valence-corrected chi connectivity index (χ1v) is 6.65. The summed E-state index contributed by atoms with van der Waals surface area (Å²) >= 11 is 0. The highest BCUT2D eigenvalue weighted by Gasteiger charge is 2.17. The van der Waals surface area contributed by atoms with Crippen LogP contribution in [0, 0.1) is 6.92 Å². The summed E-state index contributed by atoms with van der Waals surface area (Å²) in [7, 11) is 0. The van der Waals surface area contributed by atoms with Gasteiger partial charge in [0.15, 0.2) is 0 Å². The maximum atomic E-state index is 11.9. The van der Waals surface area contributed by atoms with Gasteiger partial charge in [-0.15, -0.1) is 12.4 Å². The number of ether oxygens (including phenoxy) is 1. The lowest BCUT2D eigenvalue weighted by Crippen LogP contribution is -2.31. The fourth-order valence-corrected chi connectivity index (χ4v) is 2.31. The Morgan fingerprint density at radius 3 is 2.42 bits per heavy atom. The average molecular weight is 284 g/mol. The zero-order valence-electron chi connectivity index (χ0n) is 11.6. The minimum absolute atomic E-state index is 0. The molecule has 1 aromatic rings. The van der Waals surface area contributed by atoms with Crippen molar-refractivity contribution in [3.63, 3.8) is 0 Å². The summed E-state index contributed by atoms with van der Waals surface area (Å²) in [6.07, 6.45) is 2.48. The van der Waals surface area contributed by atoms with Crippen LogP contribution in [0.4, 0.5) is 0 Å². The summed E-state index contributed by atoms with van der Waals surface area (Å²) in [5, 5.41) is 0. The molecule has 4 heteroatoms. The fourth-order valence-electron chi connectivity index (χ4n) is 2.31. The van der Waals surface area contributed by atoms with E-state index in [1.807, 2.05) is 38.1 Å². The molecule has 106 valence electrons. The number of benzene rings is 1. The van der Waals surface area contributed by atoms with Gasteiger partial charge in [0.25, 0.3) is 0 Å². The van der Waals surface area contributed by atoms with E-state index in [-0.39, 0.29) is 24.5 Å². The molecule has 0 spiro atoms. The molecule has 0 saturated carbocycles. The smallest absolute Gasteiger partial charge is 0.338 e. The maximum Gasteiger partial charge on any atom is 0.338 e. The molecule has 1 heterocycles. The van der Waals surface area contributed by atoms with E-state index < -0.39 is 0 Å². The molecule has 19 heavy (non-hydrogen) atoms. The number of likely N-dealkylation sites (tertiary alicyclic amines) is 1. The van der Waals surface area contributed by atoms with Crippen LogP contribution in [0.25, 0.3) is 0 Å². The first kappa shape index (κ1) is 16.0. The molecule has 0 bridgehead atoms. The van der Waals surface area contributed by atoms with E-state index in [1.54, 1.807) is 0 Å². The second kappa shape index (κ2) is 7.51. The highest BCUT2D eigenvalue weighted by Crippen LogP contribution is 2.11. The lowest BCUT2D eigenvalue weighted by Gasteiger charge is -2.20. The maximum absolute atomic E-state index is 11.9. The third-order valence-corrected chi connectivity index (χ3v) is 3.31. The van der Waals surface area contributed by atoms with E-state index in [0.717, 1.165) is 25.2 Å². The van der Waals surface area contributed by atoms with Crippen LogP contribution in [0.2, 0.25) is 0 Å². The van der Waals surface area contributed by atoms with Crippen LogP contribution in [0.1, 0.15) is 35.7 Å². The molecule has 0 radical (unpaired) electrons. The van der Waals surface area contributed by atoms with Gasteiger partial charge in [-0.2, -0.15) is 0 Å². The molecule has 0 N–H and O–H groups in total. The van der Waals surface area contributed by atoms with Crippen molar-refractivity contribution in [1.82, 2.24) is 4.90 Å². The molecular formula is C15H22ClNO2. The van der Waals surface area contributed by atoms with Crippen molar-refractivity contribution in [2.75, 3.05) is 19.6 Å². The second-order valence-corrected chi connectivity index (χ2v) is 5.09. The van der Waals surface area contributed by atoms with E-state index >= 15 is 0 Å². The Morgan fingerprint density at radius 2 is 1.84 bits per heavy atom. The molecule has 1 saturated heterocycles. The third kappa shape index (κ3) is 4.84. The molecule has 1 fully saturated rings. The van der Waals surface area contributed by atoms with Crippen molar-refractivity contribution in [2.45, 2.75) is 32.8 Å². The van der Waals surface area contributed by atoms with Gasteiger partial charge in [-0.3, -0.25) is 4.90 Å². The molecule has 1 aliphatic rings.